The number of rotatable bonds is 5. The summed E-state index contributed by atoms with van der Waals surface area (Å²) in [5, 5.41) is 8.09. The van der Waals surface area contributed by atoms with Gasteiger partial charge in [0.2, 0.25) is 0 Å². The van der Waals surface area contributed by atoms with Crippen LogP contribution in [-0.4, -0.2) is 26.5 Å². The maximum absolute atomic E-state index is 12.5. The van der Waals surface area contributed by atoms with Gasteiger partial charge in [0.25, 0.3) is 5.91 Å². The number of benzene rings is 1. The fraction of sp³-hybridized carbons (Fsp3) is 0.350. The van der Waals surface area contributed by atoms with Crippen molar-refractivity contribution in [2.24, 2.45) is 0 Å². The van der Waals surface area contributed by atoms with Crippen molar-refractivity contribution in [2.45, 2.75) is 46.6 Å². The van der Waals surface area contributed by atoms with Crippen LogP contribution in [0.2, 0.25) is 5.02 Å². The molecule has 1 unspecified atom stereocenters. The second-order valence-corrected chi connectivity index (χ2v) is 7.08. The maximum Gasteiger partial charge on any atom is 0.256 e. The Labute approximate surface area is 158 Å². The molecule has 3 aromatic rings. The number of amides is 1. The quantitative estimate of drug-likeness (QED) is 0.735. The third-order valence-corrected chi connectivity index (χ3v) is 4.95. The second kappa shape index (κ2) is 7.46. The number of carbonyl (C=O) groups is 1. The monoisotopic (exact) mass is 370 g/mol. The molecule has 0 spiro atoms. The zero-order valence-corrected chi connectivity index (χ0v) is 16.3. The summed E-state index contributed by atoms with van der Waals surface area (Å²) in [5.74, 6) is -0.136. The average molecular weight is 371 g/mol. The molecule has 0 aliphatic rings. The van der Waals surface area contributed by atoms with Crippen LogP contribution in [0.15, 0.2) is 30.5 Å². The van der Waals surface area contributed by atoms with Crippen molar-refractivity contribution in [1.29, 1.82) is 0 Å². The summed E-state index contributed by atoms with van der Waals surface area (Å²) in [6, 6.07) is 7.92. The van der Waals surface area contributed by atoms with Crippen molar-refractivity contribution >= 4 is 23.2 Å². The summed E-state index contributed by atoms with van der Waals surface area (Å²) in [4.78, 5) is 17.2. The highest BCUT2D eigenvalue weighted by Crippen LogP contribution is 2.21. The van der Waals surface area contributed by atoms with E-state index in [0.717, 1.165) is 40.4 Å². The molecule has 26 heavy (non-hydrogen) atoms. The van der Waals surface area contributed by atoms with Crippen molar-refractivity contribution in [1.82, 2.24) is 19.9 Å². The van der Waals surface area contributed by atoms with Gasteiger partial charge in [-0.05, 0) is 50.5 Å². The number of fused-ring (bicyclic) bond motifs is 1. The van der Waals surface area contributed by atoms with E-state index in [9.17, 15) is 4.79 Å². The standard InChI is InChI=1S/C20H23ClN4O/c1-5-12(2)23-20(26)18-11-22-25-14(4)17(13(3)24-19(18)25)10-15-7-6-8-16(21)9-15/h6-9,11-12H,5,10H2,1-4H3,(H,23,26). The summed E-state index contributed by atoms with van der Waals surface area (Å²) in [7, 11) is 0. The third kappa shape index (κ3) is 3.58. The minimum absolute atomic E-state index is 0.113. The van der Waals surface area contributed by atoms with Gasteiger partial charge in [-0.1, -0.05) is 30.7 Å². The van der Waals surface area contributed by atoms with Gasteiger partial charge in [-0.3, -0.25) is 4.79 Å². The highest BCUT2D eigenvalue weighted by Gasteiger charge is 2.19. The molecular weight excluding hydrogens is 348 g/mol. The first kappa shape index (κ1) is 18.4. The first-order valence-electron chi connectivity index (χ1n) is 8.79. The van der Waals surface area contributed by atoms with E-state index in [1.54, 1.807) is 10.7 Å². The fourth-order valence-corrected chi connectivity index (χ4v) is 3.19. The molecule has 0 saturated carbocycles. The number of nitrogens with one attached hydrogen (secondary N) is 1. The highest BCUT2D eigenvalue weighted by atomic mass is 35.5. The number of aromatic nitrogens is 3. The predicted octanol–water partition coefficient (Wildman–Crippen LogP) is 4.12. The topological polar surface area (TPSA) is 59.3 Å². The summed E-state index contributed by atoms with van der Waals surface area (Å²) < 4.78 is 1.75. The van der Waals surface area contributed by atoms with Crippen LogP contribution < -0.4 is 5.32 Å². The molecule has 2 heterocycles. The van der Waals surface area contributed by atoms with E-state index in [1.165, 1.54) is 0 Å². The minimum atomic E-state index is -0.136. The van der Waals surface area contributed by atoms with E-state index in [-0.39, 0.29) is 11.9 Å². The van der Waals surface area contributed by atoms with E-state index in [0.29, 0.717) is 11.2 Å². The van der Waals surface area contributed by atoms with Crippen molar-refractivity contribution < 1.29 is 4.79 Å². The van der Waals surface area contributed by atoms with Gasteiger partial charge >= 0.3 is 0 Å². The van der Waals surface area contributed by atoms with Gasteiger partial charge < -0.3 is 5.32 Å². The van der Waals surface area contributed by atoms with Crippen molar-refractivity contribution in [2.75, 3.05) is 0 Å². The molecule has 3 rings (SSSR count). The Balaban J connectivity index is 2.00. The van der Waals surface area contributed by atoms with Gasteiger partial charge in [0.05, 0.1) is 6.20 Å². The van der Waals surface area contributed by atoms with Crippen LogP contribution in [0.25, 0.3) is 5.65 Å². The largest absolute Gasteiger partial charge is 0.349 e. The van der Waals surface area contributed by atoms with Crippen LogP contribution in [0.5, 0.6) is 0 Å². The van der Waals surface area contributed by atoms with Crippen LogP contribution >= 0.6 is 11.6 Å². The first-order valence-corrected chi connectivity index (χ1v) is 9.17. The van der Waals surface area contributed by atoms with Gasteiger partial charge in [-0.25, -0.2) is 9.50 Å². The Morgan fingerprint density at radius 2 is 2.12 bits per heavy atom. The molecule has 0 bridgehead atoms. The second-order valence-electron chi connectivity index (χ2n) is 6.64. The molecule has 6 heteroatoms. The molecule has 1 aromatic carbocycles. The number of hydrogen-bond acceptors (Lipinski definition) is 3. The van der Waals surface area contributed by atoms with Crippen LogP contribution in [-0.2, 0) is 6.42 Å². The molecule has 0 aliphatic carbocycles. The normalized spacial score (nSPS) is 12.3. The zero-order valence-electron chi connectivity index (χ0n) is 15.5. The van der Waals surface area contributed by atoms with Gasteiger partial charge in [-0.2, -0.15) is 5.10 Å². The summed E-state index contributed by atoms with van der Waals surface area (Å²) >= 11 is 6.10. The van der Waals surface area contributed by atoms with Crippen molar-refractivity contribution in [3.05, 3.63) is 63.6 Å². The molecule has 1 atom stereocenters. The average Bonchev–Trinajstić information content (AvgIpc) is 3.02. The molecule has 1 N–H and O–H groups in total. The molecule has 0 fully saturated rings. The van der Waals surface area contributed by atoms with Gasteiger partial charge in [-0.15, -0.1) is 0 Å². The van der Waals surface area contributed by atoms with Crippen LogP contribution in [0.4, 0.5) is 0 Å². The highest BCUT2D eigenvalue weighted by molar-refractivity contribution is 6.30. The van der Waals surface area contributed by atoms with Crippen LogP contribution in [0.3, 0.4) is 0 Å². The lowest BCUT2D eigenvalue weighted by Gasteiger charge is -2.13. The summed E-state index contributed by atoms with van der Waals surface area (Å²) in [6.07, 6.45) is 3.19. The molecule has 1 amide bonds. The molecule has 0 radical (unpaired) electrons. The fourth-order valence-electron chi connectivity index (χ4n) is 2.98. The summed E-state index contributed by atoms with van der Waals surface area (Å²) in [5.41, 5.74) is 5.19. The van der Waals surface area contributed by atoms with E-state index in [1.807, 2.05) is 52.0 Å². The number of nitrogens with zero attached hydrogens (tertiary/aromatic N) is 3. The van der Waals surface area contributed by atoms with E-state index >= 15 is 0 Å². The number of halogens is 1. The Bertz CT molecular complexity index is 964. The zero-order chi connectivity index (χ0) is 18.8. The van der Waals surface area contributed by atoms with E-state index in [4.69, 9.17) is 11.6 Å². The summed E-state index contributed by atoms with van der Waals surface area (Å²) in [6.45, 7) is 7.99. The Hall–Kier alpha value is -2.40. The SMILES string of the molecule is CCC(C)NC(=O)c1cnn2c(C)c(Cc3cccc(Cl)c3)c(C)nc12. The minimum Gasteiger partial charge on any atom is -0.349 e. The molecule has 5 nitrogen and oxygen atoms in total. The number of aryl methyl sites for hydroxylation is 2. The van der Waals surface area contributed by atoms with Crippen molar-refractivity contribution in [3.8, 4) is 0 Å². The molecule has 136 valence electrons. The third-order valence-electron chi connectivity index (χ3n) is 4.71. The number of carbonyl (C=O) groups excluding carboxylic acids is 1. The predicted molar refractivity (Wildman–Crippen MR) is 104 cm³/mol. The lowest BCUT2D eigenvalue weighted by atomic mass is 10.0. The Morgan fingerprint density at radius 1 is 1.35 bits per heavy atom. The van der Waals surface area contributed by atoms with Gasteiger partial charge in [0.1, 0.15) is 5.56 Å². The molecule has 0 saturated heterocycles. The Morgan fingerprint density at radius 3 is 2.81 bits per heavy atom. The lowest BCUT2D eigenvalue weighted by Crippen LogP contribution is -2.31. The molecule has 2 aromatic heterocycles. The maximum atomic E-state index is 12.5. The Kier molecular flexibility index (Phi) is 5.28. The van der Waals surface area contributed by atoms with Crippen molar-refractivity contribution in [3.63, 3.8) is 0 Å². The lowest BCUT2D eigenvalue weighted by molar-refractivity contribution is 0.0940. The first-order chi connectivity index (χ1) is 12.4. The molecular formula is C20H23ClN4O. The van der Waals surface area contributed by atoms with Gasteiger partial charge in [0.15, 0.2) is 5.65 Å². The van der Waals surface area contributed by atoms with E-state index in [2.05, 4.69) is 15.4 Å². The van der Waals surface area contributed by atoms with Gasteiger partial charge in [0, 0.05) is 28.9 Å². The number of hydrogen-bond donors (Lipinski definition) is 1. The smallest absolute Gasteiger partial charge is 0.256 e. The van der Waals surface area contributed by atoms with E-state index < -0.39 is 0 Å². The van der Waals surface area contributed by atoms with Crippen LogP contribution in [0.1, 0.15) is 53.1 Å². The van der Waals surface area contributed by atoms with Crippen LogP contribution in [0, 0.1) is 13.8 Å². The molecule has 0 aliphatic heterocycles.